The van der Waals surface area contributed by atoms with Crippen LogP contribution in [0.2, 0.25) is 0 Å². The smallest absolute Gasteiger partial charge is 0.336 e. The third-order valence-corrected chi connectivity index (χ3v) is 3.13. The van der Waals surface area contributed by atoms with Crippen LogP contribution in [0.15, 0.2) is 24.3 Å². The molecule has 2 atom stereocenters. The monoisotopic (exact) mass is 263 g/mol. The van der Waals surface area contributed by atoms with E-state index in [2.05, 4.69) is 4.74 Å². The van der Waals surface area contributed by atoms with Gasteiger partial charge < -0.3 is 9.84 Å². The Hall–Kier alpha value is -2.21. The Labute approximate surface area is 109 Å². The minimum atomic E-state index is -1.56. The Bertz CT molecular complexity index is 519. The molecule has 0 spiro atoms. The first kappa shape index (κ1) is 13.2. The molecule has 0 radical (unpaired) electrons. The molecule has 2 amide bonds. The summed E-state index contributed by atoms with van der Waals surface area (Å²) in [5.41, 5.74) is 0.549. The van der Waals surface area contributed by atoms with Crippen LogP contribution in [0.3, 0.4) is 0 Å². The number of hydrogen-bond donors (Lipinski definition) is 1. The quantitative estimate of drug-likeness (QED) is 0.622. The van der Waals surface area contributed by atoms with Gasteiger partial charge in [-0.1, -0.05) is 12.1 Å². The van der Waals surface area contributed by atoms with Crippen molar-refractivity contribution in [3.63, 3.8) is 0 Å². The van der Waals surface area contributed by atoms with Crippen LogP contribution < -0.4 is 0 Å². The molecule has 0 saturated carbocycles. The molecule has 1 aromatic rings. The second-order valence-corrected chi connectivity index (χ2v) is 4.23. The summed E-state index contributed by atoms with van der Waals surface area (Å²) >= 11 is 0. The Morgan fingerprint density at radius 2 is 1.68 bits per heavy atom. The topological polar surface area (TPSA) is 83.9 Å². The van der Waals surface area contributed by atoms with Gasteiger partial charge in [0.25, 0.3) is 11.8 Å². The van der Waals surface area contributed by atoms with Crippen LogP contribution in [0.25, 0.3) is 0 Å². The summed E-state index contributed by atoms with van der Waals surface area (Å²) in [7, 11) is 1.13. The third kappa shape index (κ3) is 2.00. The highest BCUT2D eigenvalue weighted by Crippen LogP contribution is 2.25. The van der Waals surface area contributed by atoms with Crippen LogP contribution in [0.1, 0.15) is 27.6 Å². The van der Waals surface area contributed by atoms with E-state index in [-0.39, 0.29) is 11.1 Å². The third-order valence-electron chi connectivity index (χ3n) is 3.13. The van der Waals surface area contributed by atoms with Crippen LogP contribution in [0.4, 0.5) is 0 Å². The molecular formula is C13H13NO5. The number of rotatable bonds is 3. The summed E-state index contributed by atoms with van der Waals surface area (Å²) in [5.74, 6) is -1.92. The predicted molar refractivity (Wildman–Crippen MR) is 64.4 cm³/mol. The second kappa shape index (κ2) is 4.81. The Morgan fingerprint density at radius 3 is 2.11 bits per heavy atom. The fraction of sp³-hybridized carbons (Fsp3) is 0.308. The van der Waals surface area contributed by atoms with Gasteiger partial charge in [0.05, 0.1) is 24.3 Å². The maximum absolute atomic E-state index is 12.1. The van der Waals surface area contributed by atoms with Crippen LogP contribution in [-0.2, 0) is 9.53 Å². The van der Waals surface area contributed by atoms with Crippen LogP contribution in [-0.4, -0.2) is 47.0 Å². The zero-order chi connectivity index (χ0) is 14.2. The first-order valence-electron chi connectivity index (χ1n) is 5.72. The Morgan fingerprint density at radius 1 is 1.21 bits per heavy atom. The van der Waals surface area contributed by atoms with Crippen molar-refractivity contribution in [3.8, 4) is 0 Å². The second-order valence-electron chi connectivity index (χ2n) is 4.23. The van der Waals surface area contributed by atoms with E-state index in [1.54, 1.807) is 12.1 Å². The number of ether oxygens (including phenoxy) is 1. The maximum Gasteiger partial charge on any atom is 0.336 e. The van der Waals surface area contributed by atoms with Crippen LogP contribution >= 0.6 is 0 Å². The average molecular weight is 263 g/mol. The standard InChI is InChI=1S/C13H13NO5/c1-7(10(15)13(18)19-2)14-11(16)8-5-3-4-6-9(8)12(14)17/h3-7,10,15H,1-2H3. The van der Waals surface area contributed by atoms with Crippen molar-refractivity contribution in [2.24, 2.45) is 0 Å². The number of carbonyl (C=O) groups is 3. The van der Waals surface area contributed by atoms with E-state index >= 15 is 0 Å². The zero-order valence-corrected chi connectivity index (χ0v) is 10.5. The fourth-order valence-corrected chi connectivity index (χ4v) is 2.04. The molecule has 6 heteroatoms. The largest absolute Gasteiger partial charge is 0.467 e. The number of hydrogen-bond acceptors (Lipinski definition) is 5. The summed E-state index contributed by atoms with van der Waals surface area (Å²) in [4.78, 5) is 36.4. The van der Waals surface area contributed by atoms with E-state index in [4.69, 9.17) is 0 Å². The van der Waals surface area contributed by atoms with Crippen molar-refractivity contribution >= 4 is 17.8 Å². The van der Waals surface area contributed by atoms with E-state index in [1.165, 1.54) is 19.1 Å². The van der Waals surface area contributed by atoms with Crippen LogP contribution in [0.5, 0.6) is 0 Å². The molecule has 6 nitrogen and oxygen atoms in total. The molecule has 1 aliphatic rings. The number of nitrogens with zero attached hydrogens (tertiary/aromatic N) is 1. The first-order valence-corrected chi connectivity index (χ1v) is 5.72. The minimum Gasteiger partial charge on any atom is -0.467 e. The van der Waals surface area contributed by atoms with Gasteiger partial charge >= 0.3 is 5.97 Å². The molecule has 100 valence electrons. The first-order chi connectivity index (χ1) is 8.99. The lowest BCUT2D eigenvalue weighted by molar-refractivity contribution is -0.152. The normalized spacial score (nSPS) is 17.1. The van der Waals surface area contributed by atoms with Gasteiger partial charge in [0, 0.05) is 0 Å². The van der Waals surface area contributed by atoms with E-state index in [9.17, 15) is 19.5 Å². The van der Waals surface area contributed by atoms with Crippen molar-refractivity contribution in [1.82, 2.24) is 4.90 Å². The molecule has 19 heavy (non-hydrogen) atoms. The van der Waals surface area contributed by atoms with Gasteiger partial charge in [0.15, 0.2) is 6.10 Å². The highest BCUT2D eigenvalue weighted by molar-refractivity contribution is 6.21. The highest BCUT2D eigenvalue weighted by Gasteiger charge is 2.42. The number of amides is 2. The molecule has 2 rings (SSSR count). The van der Waals surface area contributed by atoms with Crippen molar-refractivity contribution in [3.05, 3.63) is 35.4 Å². The molecule has 1 aliphatic heterocycles. The molecule has 0 bridgehead atoms. The Balaban J connectivity index is 2.32. The number of benzene rings is 1. The lowest BCUT2D eigenvalue weighted by Crippen LogP contribution is -2.48. The summed E-state index contributed by atoms with van der Waals surface area (Å²) in [6.45, 7) is 1.42. The van der Waals surface area contributed by atoms with E-state index in [0.29, 0.717) is 0 Å². The summed E-state index contributed by atoms with van der Waals surface area (Å²) in [6.07, 6.45) is -1.56. The minimum absolute atomic E-state index is 0.274. The highest BCUT2D eigenvalue weighted by atomic mass is 16.5. The predicted octanol–water partition coefficient (Wildman–Crippen LogP) is 0.205. The van der Waals surface area contributed by atoms with Crippen molar-refractivity contribution in [2.75, 3.05) is 7.11 Å². The Kier molecular flexibility index (Phi) is 3.35. The number of aliphatic hydroxyl groups excluding tert-OH is 1. The van der Waals surface area contributed by atoms with Gasteiger partial charge in [0.2, 0.25) is 0 Å². The number of aliphatic hydroxyl groups is 1. The lowest BCUT2D eigenvalue weighted by Gasteiger charge is -2.25. The molecule has 0 saturated heterocycles. The van der Waals surface area contributed by atoms with Crippen LogP contribution in [0, 0.1) is 0 Å². The van der Waals surface area contributed by atoms with Crippen molar-refractivity contribution < 1.29 is 24.2 Å². The molecule has 0 fully saturated rings. The zero-order valence-electron chi connectivity index (χ0n) is 10.5. The number of methoxy groups -OCH3 is 1. The number of fused-ring (bicyclic) bond motifs is 1. The molecule has 1 aromatic carbocycles. The lowest BCUT2D eigenvalue weighted by atomic mass is 10.1. The number of imide groups is 1. The number of carbonyl (C=O) groups excluding carboxylic acids is 3. The molecular weight excluding hydrogens is 250 g/mol. The van der Waals surface area contributed by atoms with E-state index in [0.717, 1.165) is 12.0 Å². The van der Waals surface area contributed by atoms with E-state index in [1.807, 2.05) is 0 Å². The van der Waals surface area contributed by atoms with Gasteiger partial charge in [-0.15, -0.1) is 0 Å². The summed E-state index contributed by atoms with van der Waals surface area (Å²) < 4.78 is 4.40. The van der Waals surface area contributed by atoms with Crippen molar-refractivity contribution in [1.29, 1.82) is 0 Å². The van der Waals surface area contributed by atoms with Crippen molar-refractivity contribution in [2.45, 2.75) is 19.1 Å². The van der Waals surface area contributed by atoms with Gasteiger partial charge in [-0.25, -0.2) is 4.79 Å². The molecule has 0 aliphatic carbocycles. The molecule has 2 unspecified atom stereocenters. The summed E-state index contributed by atoms with van der Waals surface area (Å²) in [5, 5.41) is 9.74. The van der Waals surface area contributed by atoms with Gasteiger partial charge in [-0.05, 0) is 19.1 Å². The SMILES string of the molecule is COC(=O)C(O)C(C)N1C(=O)c2ccccc2C1=O. The average Bonchev–Trinajstić information content (AvgIpc) is 2.69. The van der Waals surface area contributed by atoms with Gasteiger partial charge in [0.1, 0.15) is 0 Å². The van der Waals surface area contributed by atoms with Gasteiger partial charge in [-0.3, -0.25) is 14.5 Å². The molecule has 1 N–H and O–H groups in total. The maximum atomic E-state index is 12.1. The number of esters is 1. The summed E-state index contributed by atoms with van der Waals surface area (Å²) in [6, 6.07) is 5.38. The molecule has 0 aromatic heterocycles. The molecule has 1 heterocycles. The van der Waals surface area contributed by atoms with Gasteiger partial charge in [-0.2, -0.15) is 0 Å². The van der Waals surface area contributed by atoms with E-state index < -0.39 is 29.9 Å². The fourth-order valence-electron chi connectivity index (χ4n) is 2.04.